The molecule has 0 fully saturated rings. The third kappa shape index (κ3) is 8.62. The summed E-state index contributed by atoms with van der Waals surface area (Å²) < 4.78 is 10.7. The number of azide groups is 1. The molecule has 0 spiro atoms. The molecule has 0 atom stereocenters. The monoisotopic (exact) mass is 511 g/mol. The molecule has 0 bridgehead atoms. The molecule has 1 aromatic heterocycles. The molecule has 1 heterocycles. The molecule has 0 saturated carbocycles. The minimum Gasteiger partial charge on any atom is -0.447 e. The number of benzene rings is 2. The van der Waals surface area contributed by atoms with Gasteiger partial charge in [-0.3, -0.25) is 5.32 Å². The third-order valence-electron chi connectivity index (χ3n) is 5.03. The number of hydrogen-bond donors (Lipinski definition) is 2. The van der Waals surface area contributed by atoms with Crippen LogP contribution in [0.25, 0.3) is 21.2 Å². The second-order valence-corrected chi connectivity index (χ2v) is 7.89. The van der Waals surface area contributed by atoms with Crippen molar-refractivity contribution < 1.29 is 19.1 Å². The van der Waals surface area contributed by atoms with Crippen LogP contribution in [0.15, 0.2) is 65.9 Å². The van der Waals surface area contributed by atoms with E-state index in [2.05, 4.69) is 25.6 Å². The molecule has 3 rings (SSSR count). The number of ether oxygens (including phenoxy) is 2. The Bertz CT molecular complexity index is 1220. The number of carbonyl (C=O) groups excluding carboxylic acids is 2. The molecular weight excluding hydrogens is 486 g/mol. The number of urea groups is 1. The highest BCUT2D eigenvalue weighted by atomic mass is 35.5. The lowest BCUT2D eigenvalue weighted by Gasteiger charge is -2.23. The number of fused-ring (bicyclic) bond motifs is 1. The van der Waals surface area contributed by atoms with E-state index < -0.39 is 6.09 Å². The highest BCUT2D eigenvalue weighted by Crippen LogP contribution is 2.16. The Balaban J connectivity index is 1.50. The molecule has 2 N–H and O–H groups in total. The average molecular weight is 512 g/mol. The molecular formula is C24H26ClN7O4. The zero-order valence-corrected chi connectivity index (χ0v) is 20.2. The highest BCUT2D eigenvalue weighted by Gasteiger charge is 2.15. The fourth-order valence-corrected chi connectivity index (χ4v) is 3.41. The summed E-state index contributed by atoms with van der Waals surface area (Å²) in [5.41, 5.74) is 9.09. The summed E-state index contributed by atoms with van der Waals surface area (Å²) in [4.78, 5) is 33.3. The van der Waals surface area contributed by atoms with Gasteiger partial charge in [0, 0.05) is 41.2 Å². The first-order chi connectivity index (χ1) is 17.6. The first kappa shape index (κ1) is 26.6. The zero-order valence-electron chi connectivity index (χ0n) is 19.5. The maximum atomic E-state index is 12.8. The first-order valence-corrected chi connectivity index (χ1v) is 11.6. The lowest BCUT2D eigenvalue weighted by Crippen LogP contribution is -2.43. The Morgan fingerprint density at radius 2 is 1.81 bits per heavy atom. The number of nitrogens with zero attached hydrogens (tertiary/aromatic N) is 5. The Kier molecular flexibility index (Phi) is 10.6. The molecule has 0 aliphatic rings. The summed E-state index contributed by atoms with van der Waals surface area (Å²) in [5, 5.41) is 11.2. The number of pyridine rings is 1. The summed E-state index contributed by atoms with van der Waals surface area (Å²) in [6.07, 6.45) is 0.984. The molecule has 3 amide bonds. The van der Waals surface area contributed by atoms with Gasteiger partial charge in [-0.15, -0.1) is 0 Å². The summed E-state index contributed by atoms with van der Waals surface area (Å²) >= 11 is 6.16. The van der Waals surface area contributed by atoms with Crippen LogP contribution < -0.4 is 10.6 Å². The fourth-order valence-electron chi connectivity index (χ4n) is 3.21. The van der Waals surface area contributed by atoms with Gasteiger partial charge >= 0.3 is 12.1 Å². The average Bonchev–Trinajstić information content (AvgIpc) is 2.89. The van der Waals surface area contributed by atoms with Gasteiger partial charge in [0.15, 0.2) is 0 Å². The number of aromatic nitrogens is 1. The van der Waals surface area contributed by atoms with E-state index >= 15 is 0 Å². The molecule has 0 unspecified atom stereocenters. The summed E-state index contributed by atoms with van der Waals surface area (Å²) in [6.45, 7) is 1.21. The molecule has 0 radical (unpaired) electrons. The van der Waals surface area contributed by atoms with Crippen molar-refractivity contribution in [1.82, 2.24) is 15.2 Å². The first-order valence-electron chi connectivity index (χ1n) is 11.2. The van der Waals surface area contributed by atoms with Crippen molar-refractivity contribution in [3.8, 4) is 0 Å². The van der Waals surface area contributed by atoms with Crippen LogP contribution in [-0.2, 0) is 16.0 Å². The van der Waals surface area contributed by atoms with Crippen molar-refractivity contribution in [1.29, 1.82) is 0 Å². The largest absolute Gasteiger partial charge is 0.447 e. The minimum absolute atomic E-state index is 0.0440. The van der Waals surface area contributed by atoms with Gasteiger partial charge in [-0.05, 0) is 28.6 Å². The smallest absolute Gasteiger partial charge is 0.412 e. The number of amides is 3. The van der Waals surface area contributed by atoms with E-state index in [-0.39, 0.29) is 52.0 Å². The number of hydrogen-bond acceptors (Lipinski definition) is 6. The van der Waals surface area contributed by atoms with E-state index in [1.54, 1.807) is 18.3 Å². The van der Waals surface area contributed by atoms with Gasteiger partial charge in [0.25, 0.3) is 0 Å². The number of nitrogens with one attached hydrogen (secondary N) is 2. The Morgan fingerprint density at radius 1 is 1.06 bits per heavy atom. The third-order valence-corrected chi connectivity index (χ3v) is 5.40. The maximum absolute atomic E-state index is 12.8. The fraction of sp³-hybridized carbons (Fsp3) is 0.292. The van der Waals surface area contributed by atoms with E-state index in [0.29, 0.717) is 10.8 Å². The van der Waals surface area contributed by atoms with Gasteiger partial charge in [-0.2, -0.15) is 0 Å². The van der Waals surface area contributed by atoms with E-state index in [1.807, 2.05) is 42.5 Å². The van der Waals surface area contributed by atoms with Crippen LogP contribution in [0.5, 0.6) is 0 Å². The van der Waals surface area contributed by atoms with Crippen LogP contribution in [0.4, 0.5) is 15.4 Å². The molecule has 11 nitrogen and oxygen atoms in total. The molecule has 12 heteroatoms. The van der Waals surface area contributed by atoms with Crippen LogP contribution in [0, 0.1) is 0 Å². The molecule has 0 saturated heterocycles. The predicted octanol–water partition coefficient (Wildman–Crippen LogP) is 4.98. The van der Waals surface area contributed by atoms with Crippen molar-refractivity contribution >= 4 is 40.3 Å². The van der Waals surface area contributed by atoms with Gasteiger partial charge in [0.2, 0.25) is 0 Å². The van der Waals surface area contributed by atoms with Crippen LogP contribution in [0.2, 0.25) is 5.02 Å². The molecule has 188 valence electrons. The van der Waals surface area contributed by atoms with Crippen LogP contribution in [0.1, 0.15) is 5.56 Å². The molecule has 2 aromatic carbocycles. The van der Waals surface area contributed by atoms with Crippen molar-refractivity contribution in [2.24, 2.45) is 5.11 Å². The normalized spacial score (nSPS) is 10.4. The Hall–Kier alpha value is -4.05. The maximum Gasteiger partial charge on any atom is 0.412 e. The number of halogens is 1. The van der Waals surface area contributed by atoms with Crippen molar-refractivity contribution in [3.63, 3.8) is 0 Å². The van der Waals surface area contributed by atoms with E-state index in [1.165, 1.54) is 4.90 Å². The number of anilines is 1. The standard InChI is InChI=1S/C24H26ClN7O4/c25-21-8-4-3-7-20(21)17-28-23(33)32(10-13-35-12-9-29-31-26)11-14-36-24(34)30-22-15-18-5-1-2-6-19(18)16-27-22/h1-8,15-16H,9-14,17H2,(H,28,33)(H,27,30,34). The van der Waals surface area contributed by atoms with Gasteiger partial charge in [0.1, 0.15) is 12.4 Å². The van der Waals surface area contributed by atoms with Gasteiger partial charge in [-0.25, -0.2) is 14.6 Å². The van der Waals surface area contributed by atoms with Crippen molar-refractivity contribution in [2.75, 3.05) is 44.8 Å². The topological polar surface area (TPSA) is 142 Å². The van der Waals surface area contributed by atoms with E-state index in [0.717, 1.165) is 16.3 Å². The minimum atomic E-state index is -0.681. The predicted molar refractivity (Wildman–Crippen MR) is 137 cm³/mol. The molecule has 36 heavy (non-hydrogen) atoms. The molecule has 0 aliphatic carbocycles. The lowest BCUT2D eigenvalue weighted by atomic mass is 10.2. The van der Waals surface area contributed by atoms with Gasteiger partial charge in [-0.1, -0.05) is 59.2 Å². The highest BCUT2D eigenvalue weighted by molar-refractivity contribution is 6.31. The number of rotatable bonds is 12. The van der Waals surface area contributed by atoms with Gasteiger partial charge < -0.3 is 19.7 Å². The summed E-state index contributed by atoms with van der Waals surface area (Å²) in [6, 6.07) is 16.2. The lowest BCUT2D eigenvalue weighted by molar-refractivity contribution is 0.102. The quantitative estimate of drug-likeness (QED) is 0.153. The number of carbonyl (C=O) groups is 2. The second kappa shape index (κ2) is 14.4. The summed E-state index contributed by atoms with van der Waals surface area (Å²) in [7, 11) is 0. The Labute approximate surface area is 213 Å². The molecule has 3 aromatic rings. The van der Waals surface area contributed by atoms with Crippen LogP contribution in [-0.4, -0.2) is 61.5 Å². The van der Waals surface area contributed by atoms with Crippen LogP contribution >= 0.6 is 11.6 Å². The Morgan fingerprint density at radius 3 is 2.61 bits per heavy atom. The van der Waals surface area contributed by atoms with Crippen LogP contribution in [0.3, 0.4) is 0 Å². The van der Waals surface area contributed by atoms with Crippen molar-refractivity contribution in [3.05, 3.63) is 81.8 Å². The van der Waals surface area contributed by atoms with E-state index in [9.17, 15) is 9.59 Å². The second-order valence-electron chi connectivity index (χ2n) is 7.48. The SMILES string of the molecule is [N-]=[N+]=NCCOCCN(CCOC(=O)Nc1cc2ccccc2cn1)C(=O)NCc1ccccc1Cl. The van der Waals surface area contributed by atoms with E-state index in [4.69, 9.17) is 26.6 Å². The molecule has 0 aliphatic heterocycles. The summed E-state index contributed by atoms with van der Waals surface area (Å²) in [5.74, 6) is 0.362. The van der Waals surface area contributed by atoms with Gasteiger partial charge in [0.05, 0.1) is 19.8 Å². The van der Waals surface area contributed by atoms with Crippen molar-refractivity contribution in [2.45, 2.75) is 6.54 Å². The zero-order chi connectivity index (χ0) is 25.6.